The smallest absolute Gasteiger partial charge is 0.462 e. The predicted octanol–water partition coefficient (Wildman–Crippen LogP) is 9.27. The number of nitrogens with two attached hydrogens (primary N) is 1. The number of hydrogen-bond acceptors (Lipinski definition) is 8. The van der Waals surface area contributed by atoms with Crippen molar-refractivity contribution < 1.29 is 37.6 Å². The molecule has 0 saturated carbocycles. The van der Waals surface area contributed by atoms with E-state index >= 15 is 0 Å². The van der Waals surface area contributed by atoms with E-state index in [4.69, 9.17) is 24.3 Å². The molecule has 0 heterocycles. The van der Waals surface area contributed by atoms with Crippen LogP contribution in [-0.4, -0.2) is 49.3 Å². The first-order valence-electron chi connectivity index (χ1n) is 17.8. The first-order valence-corrected chi connectivity index (χ1v) is 19.3. The summed E-state index contributed by atoms with van der Waals surface area (Å²) in [5.41, 5.74) is 5.32. The Morgan fingerprint density at radius 2 is 1.18 bits per heavy atom. The Balaban J connectivity index is 4.28. The number of carbonyl (C=O) groups is 2. The minimum Gasteiger partial charge on any atom is -0.462 e. The van der Waals surface area contributed by atoms with Gasteiger partial charge in [0.1, 0.15) is 6.61 Å². The Labute approximate surface area is 274 Å². The molecule has 0 aromatic rings. The summed E-state index contributed by atoms with van der Waals surface area (Å²) in [6.07, 6.45) is 30.6. The number of ether oxygens (including phenoxy) is 2. The van der Waals surface area contributed by atoms with E-state index in [0.717, 1.165) is 64.2 Å². The van der Waals surface area contributed by atoms with Gasteiger partial charge in [-0.05, 0) is 38.5 Å². The van der Waals surface area contributed by atoms with Crippen LogP contribution in [0.2, 0.25) is 0 Å². The third-order valence-corrected chi connectivity index (χ3v) is 8.32. The number of carbonyl (C=O) groups excluding carboxylic acids is 2. The molecular formula is C35H66NO8P. The van der Waals surface area contributed by atoms with E-state index in [1.54, 1.807) is 0 Å². The van der Waals surface area contributed by atoms with Gasteiger partial charge in [-0.2, -0.15) is 0 Å². The normalized spacial score (nSPS) is 13.8. The van der Waals surface area contributed by atoms with Crippen molar-refractivity contribution in [2.75, 3.05) is 26.4 Å². The maximum absolute atomic E-state index is 12.5. The van der Waals surface area contributed by atoms with Crippen molar-refractivity contribution in [3.63, 3.8) is 0 Å². The van der Waals surface area contributed by atoms with Crippen LogP contribution < -0.4 is 5.73 Å². The summed E-state index contributed by atoms with van der Waals surface area (Å²) in [6, 6.07) is 0. The molecule has 0 aromatic carbocycles. The predicted molar refractivity (Wildman–Crippen MR) is 183 cm³/mol. The number of unbranched alkanes of at least 4 members (excludes halogenated alkanes) is 16. The second-order valence-electron chi connectivity index (χ2n) is 11.7. The fourth-order valence-corrected chi connectivity index (χ4v) is 5.41. The molecule has 0 aromatic heterocycles. The number of phosphoric ester groups is 1. The topological polar surface area (TPSA) is 134 Å². The molecule has 0 fully saturated rings. The standard InChI is InChI=1S/C35H66NO8P/c1-3-5-7-9-11-13-15-16-17-18-20-22-24-26-28-35(38)44-33(32-43-45(39,40)42-30-29-36)31-41-34(37)27-25-23-21-19-14-12-10-8-6-4-2/h9,11,15-16,33H,3-8,10,12-14,17-32,36H2,1-2H3,(H,39,40)/b11-9-,16-15-. The number of rotatable bonds is 33. The Hall–Kier alpha value is -1.51. The molecule has 0 saturated heterocycles. The van der Waals surface area contributed by atoms with Crippen LogP contribution in [0.1, 0.15) is 155 Å². The third-order valence-electron chi connectivity index (χ3n) is 7.34. The van der Waals surface area contributed by atoms with Gasteiger partial charge in [-0.15, -0.1) is 0 Å². The van der Waals surface area contributed by atoms with Crippen molar-refractivity contribution in [3.8, 4) is 0 Å². The quantitative estimate of drug-likeness (QED) is 0.0306. The van der Waals surface area contributed by atoms with Crippen LogP contribution in [0.5, 0.6) is 0 Å². The van der Waals surface area contributed by atoms with E-state index in [2.05, 4.69) is 38.2 Å². The van der Waals surface area contributed by atoms with Gasteiger partial charge in [0.2, 0.25) is 0 Å². The molecule has 3 N–H and O–H groups in total. The van der Waals surface area contributed by atoms with Gasteiger partial charge in [-0.25, -0.2) is 4.57 Å². The van der Waals surface area contributed by atoms with Crippen molar-refractivity contribution >= 4 is 19.8 Å². The highest BCUT2D eigenvalue weighted by Gasteiger charge is 2.25. The molecule has 2 atom stereocenters. The molecule has 0 spiro atoms. The summed E-state index contributed by atoms with van der Waals surface area (Å²) < 4.78 is 32.5. The summed E-state index contributed by atoms with van der Waals surface area (Å²) in [5.74, 6) is -0.847. The molecule has 10 heteroatoms. The van der Waals surface area contributed by atoms with Gasteiger partial charge in [0.25, 0.3) is 0 Å². The second kappa shape index (κ2) is 32.4. The van der Waals surface area contributed by atoms with E-state index in [1.807, 2.05) is 0 Å². The summed E-state index contributed by atoms with van der Waals surface area (Å²) in [6.45, 7) is 3.64. The van der Waals surface area contributed by atoms with Gasteiger partial charge in [-0.3, -0.25) is 18.6 Å². The number of hydrogen-bond donors (Lipinski definition) is 2. The highest BCUT2D eigenvalue weighted by atomic mass is 31.2. The van der Waals surface area contributed by atoms with Crippen molar-refractivity contribution in [1.29, 1.82) is 0 Å². The second-order valence-corrected chi connectivity index (χ2v) is 13.2. The van der Waals surface area contributed by atoms with E-state index in [9.17, 15) is 19.0 Å². The van der Waals surface area contributed by atoms with Gasteiger partial charge in [-0.1, -0.05) is 128 Å². The SMILES string of the molecule is CCCC/C=C\C/C=C\CCCCCCCC(=O)OC(COC(=O)CCCCCCCCCCCC)COP(=O)(O)OCCN. The summed E-state index contributed by atoms with van der Waals surface area (Å²) in [7, 11) is -4.37. The number of allylic oxidation sites excluding steroid dienone is 4. The van der Waals surface area contributed by atoms with Gasteiger partial charge < -0.3 is 20.1 Å². The van der Waals surface area contributed by atoms with Crippen molar-refractivity contribution in [2.24, 2.45) is 5.73 Å². The van der Waals surface area contributed by atoms with Crippen molar-refractivity contribution in [1.82, 2.24) is 0 Å². The molecule has 0 aliphatic rings. The van der Waals surface area contributed by atoms with Gasteiger partial charge in [0, 0.05) is 19.4 Å². The van der Waals surface area contributed by atoms with E-state index in [-0.39, 0.29) is 38.6 Å². The molecule has 9 nitrogen and oxygen atoms in total. The van der Waals surface area contributed by atoms with Crippen LogP contribution in [0.25, 0.3) is 0 Å². The van der Waals surface area contributed by atoms with Crippen LogP contribution >= 0.6 is 7.82 Å². The monoisotopic (exact) mass is 659 g/mol. The highest BCUT2D eigenvalue weighted by Crippen LogP contribution is 2.43. The van der Waals surface area contributed by atoms with Crippen LogP contribution in [-0.2, 0) is 32.7 Å². The fraction of sp³-hybridized carbons (Fsp3) is 0.829. The zero-order valence-electron chi connectivity index (χ0n) is 28.6. The van der Waals surface area contributed by atoms with Crippen molar-refractivity contribution in [2.45, 2.75) is 161 Å². The van der Waals surface area contributed by atoms with Gasteiger partial charge >= 0.3 is 19.8 Å². The molecular weight excluding hydrogens is 593 g/mol. The first-order chi connectivity index (χ1) is 21.8. The summed E-state index contributed by atoms with van der Waals surface area (Å²) in [5, 5.41) is 0. The maximum atomic E-state index is 12.5. The first kappa shape index (κ1) is 43.5. The molecule has 0 amide bonds. The zero-order valence-corrected chi connectivity index (χ0v) is 29.5. The van der Waals surface area contributed by atoms with Crippen LogP contribution in [0, 0.1) is 0 Å². The number of phosphoric acid groups is 1. The van der Waals surface area contributed by atoms with Crippen LogP contribution in [0.3, 0.4) is 0 Å². The molecule has 0 aliphatic carbocycles. The van der Waals surface area contributed by atoms with Gasteiger partial charge in [0.05, 0.1) is 13.2 Å². The molecule has 2 unspecified atom stereocenters. The minimum absolute atomic E-state index is 0.0520. The van der Waals surface area contributed by atoms with Crippen LogP contribution in [0.4, 0.5) is 0 Å². The van der Waals surface area contributed by atoms with Gasteiger partial charge in [0.15, 0.2) is 6.10 Å². The molecule has 264 valence electrons. The minimum atomic E-state index is -4.37. The summed E-state index contributed by atoms with van der Waals surface area (Å²) in [4.78, 5) is 34.6. The lowest BCUT2D eigenvalue weighted by atomic mass is 10.1. The third kappa shape index (κ3) is 32.2. The largest absolute Gasteiger partial charge is 0.472 e. The molecule has 0 aliphatic heterocycles. The fourth-order valence-electron chi connectivity index (χ4n) is 4.65. The summed E-state index contributed by atoms with van der Waals surface area (Å²) >= 11 is 0. The molecule has 45 heavy (non-hydrogen) atoms. The Bertz CT molecular complexity index is 805. The lowest BCUT2D eigenvalue weighted by Crippen LogP contribution is -2.29. The lowest BCUT2D eigenvalue weighted by Gasteiger charge is -2.19. The molecule has 0 bridgehead atoms. The Morgan fingerprint density at radius 1 is 0.667 bits per heavy atom. The maximum Gasteiger partial charge on any atom is 0.472 e. The van der Waals surface area contributed by atoms with E-state index in [1.165, 1.54) is 57.8 Å². The molecule has 0 radical (unpaired) electrons. The molecule has 0 rings (SSSR count). The van der Waals surface area contributed by atoms with E-state index < -0.39 is 26.5 Å². The van der Waals surface area contributed by atoms with E-state index in [0.29, 0.717) is 6.42 Å². The highest BCUT2D eigenvalue weighted by molar-refractivity contribution is 7.47. The van der Waals surface area contributed by atoms with Crippen LogP contribution in [0.15, 0.2) is 24.3 Å². The lowest BCUT2D eigenvalue weighted by molar-refractivity contribution is -0.161. The Morgan fingerprint density at radius 3 is 1.76 bits per heavy atom. The average molecular weight is 660 g/mol. The number of esters is 2. The zero-order chi connectivity index (χ0) is 33.3. The Kier molecular flexibility index (Phi) is 31.3. The average Bonchev–Trinajstić information content (AvgIpc) is 3.02. The van der Waals surface area contributed by atoms with Crippen molar-refractivity contribution in [3.05, 3.63) is 24.3 Å².